The third kappa shape index (κ3) is 2.42. The van der Waals surface area contributed by atoms with Gasteiger partial charge in [-0.15, -0.1) is 0 Å². The van der Waals surface area contributed by atoms with Gasteiger partial charge in [-0.2, -0.15) is 0 Å². The van der Waals surface area contributed by atoms with Gasteiger partial charge in [0.2, 0.25) is 0 Å². The van der Waals surface area contributed by atoms with Gasteiger partial charge >= 0.3 is 11.9 Å². The molecule has 1 aliphatic carbocycles. The molecule has 2 rings (SSSR count). The Morgan fingerprint density at radius 1 is 1.38 bits per heavy atom. The number of carbonyl (C=O) groups is 2. The predicted molar refractivity (Wildman–Crippen MR) is 80.2 cm³/mol. The zero-order chi connectivity index (χ0) is 16.1. The Labute approximate surface area is 127 Å². The third-order valence-corrected chi connectivity index (χ3v) is 9.97. The van der Waals surface area contributed by atoms with Crippen molar-refractivity contribution in [3.63, 3.8) is 0 Å². The highest BCUT2D eigenvalue weighted by Crippen LogP contribution is 2.52. The molecular weight excluding hydrogens is 288 g/mol. The first kappa shape index (κ1) is 16.5. The molecule has 2 fully saturated rings. The zero-order valence-corrected chi connectivity index (χ0v) is 14.8. The summed E-state index contributed by atoms with van der Waals surface area (Å²) in [7, 11) is -0.627. The molecule has 120 valence electrons. The summed E-state index contributed by atoms with van der Waals surface area (Å²) in [4.78, 5) is 24.3. The summed E-state index contributed by atoms with van der Waals surface area (Å²) < 4.78 is 16.5. The van der Waals surface area contributed by atoms with Crippen LogP contribution in [0.15, 0.2) is 0 Å². The lowest BCUT2D eigenvalue weighted by molar-refractivity contribution is -0.163. The fourth-order valence-electron chi connectivity index (χ4n) is 3.09. The molecule has 0 radical (unpaired) electrons. The van der Waals surface area contributed by atoms with Gasteiger partial charge in [-0.05, 0) is 31.0 Å². The molecule has 1 heterocycles. The SMILES string of the molecule is COC(=O)[C@]12CC[C@@H](O[Si](C)(C)C(C)(C)C)[C@H]1COC2=O. The third-order valence-electron chi connectivity index (χ3n) is 5.47. The van der Waals surface area contributed by atoms with E-state index in [4.69, 9.17) is 13.9 Å². The van der Waals surface area contributed by atoms with Crippen LogP contribution in [0.5, 0.6) is 0 Å². The van der Waals surface area contributed by atoms with Gasteiger partial charge in [-0.3, -0.25) is 9.59 Å². The lowest BCUT2D eigenvalue weighted by atomic mass is 9.79. The van der Waals surface area contributed by atoms with Crippen molar-refractivity contribution in [3.05, 3.63) is 0 Å². The molecule has 0 unspecified atom stereocenters. The van der Waals surface area contributed by atoms with Crippen LogP contribution in [-0.2, 0) is 23.5 Å². The van der Waals surface area contributed by atoms with Crippen LogP contribution in [-0.4, -0.2) is 40.1 Å². The van der Waals surface area contributed by atoms with Crippen LogP contribution >= 0.6 is 0 Å². The van der Waals surface area contributed by atoms with Crippen LogP contribution in [0.2, 0.25) is 18.1 Å². The minimum Gasteiger partial charge on any atom is -0.468 e. The first-order chi connectivity index (χ1) is 9.56. The lowest BCUT2D eigenvalue weighted by Gasteiger charge is -2.39. The topological polar surface area (TPSA) is 61.8 Å². The second kappa shape index (κ2) is 5.09. The Bertz CT molecular complexity index is 453. The molecule has 0 aromatic rings. The Hall–Kier alpha value is -0.883. The van der Waals surface area contributed by atoms with E-state index >= 15 is 0 Å². The van der Waals surface area contributed by atoms with Gasteiger partial charge in [0.1, 0.15) is 0 Å². The fraction of sp³-hybridized carbons (Fsp3) is 0.867. The zero-order valence-electron chi connectivity index (χ0n) is 13.8. The van der Waals surface area contributed by atoms with Gasteiger partial charge in [0.25, 0.3) is 0 Å². The van der Waals surface area contributed by atoms with E-state index in [2.05, 4.69) is 33.9 Å². The largest absolute Gasteiger partial charge is 0.468 e. The first-order valence-corrected chi connectivity index (χ1v) is 10.4. The Morgan fingerprint density at radius 3 is 2.52 bits per heavy atom. The van der Waals surface area contributed by atoms with Crippen molar-refractivity contribution in [3.8, 4) is 0 Å². The van der Waals surface area contributed by atoms with Gasteiger partial charge in [0, 0.05) is 5.92 Å². The molecule has 0 bridgehead atoms. The maximum atomic E-state index is 12.2. The first-order valence-electron chi connectivity index (χ1n) is 7.50. The average Bonchev–Trinajstić information content (AvgIpc) is 2.88. The monoisotopic (exact) mass is 314 g/mol. The summed E-state index contributed by atoms with van der Waals surface area (Å²) in [5.74, 6) is -1.14. The van der Waals surface area contributed by atoms with Crippen LogP contribution in [0.1, 0.15) is 33.6 Å². The minimum absolute atomic E-state index is 0.0903. The quantitative estimate of drug-likeness (QED) is 0.455. The van der Waals surface area contributed by atoms with Crippen molar-refractivity contribution < 1.29 is 23.5 Å². The van der Waals surface area contributed by atoms with Crippen molar-refractivity contribution in [1.29, 1.82) is 0 Å². The molecule has 1 aliphatic heterocycles. The standard InChI is InChI=1S/C15H26O5Si/c1-14(2,3)21(5,6)20-11-7-8-15(12(16)18-4)10(11)9-19-13(15)17/h10-11H,7-9H2,1-6H3/t10-,11-,15+/m1/s1. The number of rotatable bonds is 3. The van der Waals surface area contributed by atoms with E-state index in [9.17, 15) is 9.59 Å². The second-order valence-corrected chi connectivity index (χ2v) is 12.4. The number of esters is 2. The average molecular weight is 314 g/mol. The van der Waals surface area contributed by atoms with Crippen molar-refractivity contribution >= 4 is 20.3 Å². The van der Waals surface area contributed by atoms with Crippen LogP contribution < -0.4 is 0 Å². The maximum Gasteiger partial charge on any atom is 0.324 e. The molecule has 1 saturated heterocycles. The summed E-state index contributed by atoms with van der Waals surface area (Å²) in [6.45, 7) is 11.2. The van der Waals surface area contributed by atoms with Gasteiger partial charge in [-0.25, -0.2) is 0 Å². The van der Waals surface area contributed by atoms with E-state index in [-0.39, 0.29) is 23.7 Å². The van der Waals surface area contributed by atoms with Crippen LogP contribution in [0.3, 0.4) is 0 Å². The van der Waals surface area contributed by atoms with Gasteiger partial charge in [0.05, 0.1) is 19.8 Å². The fourth-order valence-corrected chi connectivity index (χ4v) is 4.48. The molecule has 2 aliphatic rings. The predicted octanol–water partition coefficient (Wildman–Crippen LogP) is 2.50. The number of methoxy groups -OCH3 is 1. The van der Waals surface area contributed by atoms with E-state index in [0.29, 0.717) is 12.8 Å². The van der Waals surface area contributed by atoms with Crippen LogP contribution in [0.4, 0.5) is 0 Å². The van der Waals surface area contributed by atoms with Crippen LogP contribution in [0, 0.1) is 11.3 Å². The van der Waals surface area contributed by atoms with Gasteiger partial charge in [0.15, 0.2) is 13.7 Å². The lowest BCUT2D eigenvalue weighted by Crippen LogP contribution is -2.47. The number of hydrogen-bond donors (Lipinski definition) is 0. The highest BCUT2D eigenvalue weighted by Gasteiger charge is 2.65. The van der Waals surface area contributed by atoms with E-state index in [0.717, 1.165) is 0 Å². The molecule has 5 nitrogen and oxygen atoms in total. The Morgan fingerprint density at radius 2 is 2.00 bits per heavy atom. The minimum atomic E-state index is -1.95. The molecule has 6 heteroatoms. The van der Waals surface area contributed by atoms with Crippen LogP contribution in [0.25, 0.3) is 0 Å². The summed E-state index contributed by atoms with van der Waals surface area (Å²) in [5, 5.41) is 0.0903. The molecule has 0 aromatic carbocycles. The number of carbonyl (C=O) groups excluding carboxylic acids is 2. The van der Waals surface area contributed by atoms with Crippen molar-refractivity contribution in [1.82, 2.24) is 0 Å². The van der Waals surface area contributed by atoms with Gasteiger partial charge in [-0.1, -0.05) is 20.8 Å². The highest BCUT2D eigenvalue weighted by atomic mass is 28.4. The highest BCUT2D eigenvalue weighted by molar-refractivity contribution is 6.74. The molecule has 0 amide bonds. The Balaban J connectivity index is 2.24. The normalized spacial score (nSPS) is 32.8. The number of hydrogen-bond acceptors (Lipinski definition) is 5. The number of cyclic esters (lactones) is 1. The van der Waals surface area contributed by atoms with E-state index < -0.39 is 25.7 Å². The summed E-state index contributed by atoms with van der Waals surface area (Å²) in [6.07, 6.45) is 1.07. The molecule has 0 aromatic heterocycles. The summed E-state index contributed by atoms with van der Waals surface area (Å²) in [6, 6.07) is 0. The molecule has 21 heavy (non-hydrogen) atoms. The molecule has 0 N–H and O–H groups in total. The molecule has 0 spiro atoms. The molecular formula is C15H26O5Si. The van der Waals surface area contributed by atoms with Crippen molar-refractivity contribution in [2.24, 2.45) is 11.3 Å². The van der Waals surface area contributed by atoms with E-state index in [1.807, 2.05) is 0 Å². The number of fused-ring (bicyclic) bond motifs is 1. The van der Waals surface area contributed by atoms with Crippen molar-refractivity contribution in [2.45, 2.75) is 57.8 Å². The van der Waals surface area contributed by atoms with Crippen molar-refractivity contribution in [2.75, 3.05) is 13.7 Å². The second-order valence-electron chi connectivity index (χ2n) is 7.62. The molecule has 3 atom stereocenters. The summed E-state index contributed by atoms with van der Waals surface area (Å²) in [5.41, 5.74) is -1.14. The smallest absolute Gasteiger partial charge is 0.324 e. The maximum absolute atomic E-state index is 12.2. The summed E-state index contributed by atoms with van der Waals surface area (Å²) >= 11 is 0. The van der Waals surface area contributed by atoms with E-state index in [1.54, 1.807) is 0 Å². The Kier molecular flexibility index (Phi) is 3.99. The number of ether oxygens (including phenoxy) is 2. The van der Waals surface area contributed by atoms with E-state index in [1.165, 1.54) is 7.11 Å². The van der Waals surface area contributed by atoms with Gasteiger partial charge < -0.3 is 13.9 Å². The molecule has 1 saturated carbocycles.